The fourth-order valence-electron chi connectivity index (χ4n) is 1.58. The van der Waals surface area contributed by atoms with Gasteiger partial charge in [0, 0.05) is 18.9 Å². The van der Waals surface area contributed by atoms with Gasteiger partial charge >= 0.3 is 0 Å². The summed E-state index contributed by atoms with van der Waals surface area (Å²) in [6, 6.07) is 9.98. The second-order valence-electron chi connectivity index (χ2n) is 3.95. The highest BCUT2D eigenvalue weighted by Gasteiger charge is 1.98. The molecule has 0 saturated carbocycles. The van der Waals surface area contributed by atoms with Crippen LogP contribution in [0.25, 0.3) is 0 Å². The lowest BCUT2D eigenvalue weighted by molar-refractivity contribution is 0.332. The van der Waals surface area contributed by atoms with Gasteiger partial charge in [0.2, 0.25) is 0 Å². The van der Waals surface area contributed by atoms with E-state index in [1.54, 1.807) is 12.4 Å². The molecule has 0 spiro atoms. The zero-order valence-corrected chi connectivity index (χ0v) is 11.8. The second-order valence-corrected chi connectivity index (χ2v) is 4.80. The second kappa shape index (κ2) is 6.40. The van der Waals surface area contributed by atoms with Crippen molar-refractivity contribution in [1.29, 1.82) is 0 Å². The number of ether oxygens (including phenoxy) is 1. The molecule has 0 atom stereocenters. The number of hydrogen-bond acceptors (Lipinski definition) is 3. The third kappa shape index (κ3) is 3.74. The van der Waals surface area contributed by atoms with Crippen LogP contribution in [0.15, 0.2) is 47.2 Å². The van der Waals surface area contributed by atoms with Gasteiger partial charge in [-0.3, -0.25) is 4.98 Å². The lowest BCUT2D eigenvalue weighted by Gasteiger charge is -2.09. The molecule has 0 bridgehead atoms. The fourth-order valence-corrected chi connectivity index (χ4v) is 1.97. The summed E-state index contributed by atoms with van der Waals surface area (Å²) in [6.07, 6.45) is 3.53. The van der Waals surface area contributed by atoms with Crippen LogP contribution in [0, 0.1) is 6.92 Å². The van der Waals surface area contributed by atoms with Gasteiger partial charge < -0.3 is 10.1 Å². The Morgan fingerprint density at radius 2 is 2.22 bits per heavy atom. The third-order valence-corrected chi connectivity index (χ3v) is 3.08. The first-order valence-corrected chi connectivity index (χ1v) is 6.58. The summed E-state index contributed by atoms with van der Waals surface area (Å²) in [7, 11) is 0. The molecule has 0 saturated heterocycles. The van der Waals surface area contributed by atoms with Crippen molar-refractivity contribution in [1.82, 2.24) is 4.98 Å². The molecule has 0 aliphatic heterocycles. The van der Waals surface area contributed by atoms with Crippen LogP contribution < -0.4 is 10.1 Å². The molecule has 0 unspecified atom stereocenters. The van der Waals surface area contributed by atoms with Gasteiger partial charge in [0.1, 0.15) is 12.4 Å². The summed E-state index contributed by atoms with van der Waals surface area (Å²) in [5, 5.41) is 3.29. The Balaban J connectivity index is 1.78. The highest BCUT2D eigenvalue weighted by molar-refractivity contribution is 9.10. The maximum Gasteiger partial charge on any atom is 0.119 e. The Kier molecular flexibility index (Phi) is 4.59. The monoisotopic (exact) mass is 306 g/mol. The van der Waals surface area contributed by atoms with Crippen molar-refractivity contribution in [3.8, 4) is 5.75 Å². The van der Waals surface area contributed by atoms with E-state index in [2.05, 4.69) is 39.2 Å². The van der Waals surface area contributed by atoms with E-state index in [9.17, 15) is 0 Å². The smallest absolute Gasteiger partial charge is 0.119 e. The number of anilines is 1. The van der Waals surface area contributed by atoms with Crippen molar-refractivity contribution in [2.45, 2.75) is 6.92 Å². The first-order chi connectivity index (χ1) is 8.75. The van der Waals surface area contributed by atoms with Gasteiger partial charge in [0.25, 0.3) is 0 Å². The zero-order chi connectivity index (χ0) is 12.8. The van der Waals surface area contributed by atoms with Crippen molar-refractivity contribution in [3.05, 3.63) is 52.8 Å². The van der Waals surface area contributed by atoms with E-state index < -0.39 is 0 Å². The minimum Gasteiger partial charge on any atom is -0.492 e. The van der Waals surface area contributed by atoms with Crippen molar-refractivity contribution >= 4 is 21.6 Å². The van der Waals surface area contributed by atoms with E-state index in [0.29, 0.717) is 6.61 Å². The van der Waals surface area contributed by atoms with Crippen LogP contribution in [-0.2, 0) is 0 Å². The number of halogens is 1. The van der Waals surface area contributed by atoms with E-state index in [-0.39, 0.29) is 0 Å². The van der Waals surface area contributed by atoms with Crippen molar-refractivity contribution in [3.63, 3.8) is 0 Å². The fraction of sp³-hybridized carbons (Fsp3) is 0.214. The van der Waals surface area contributed by atoms with Crippen LogP contribution in [0.4, 0.5) is 5.69 Å². The quantitative estimate of drug-likeness (QED) is 0.856. The minimum absolute atomic E-state index is 0.623. The minimum atomic E-state index is 0.623. The van der Waals surface area contributed by atoms with Gasteiger partial charge in [-0.15, -0.1) is 0 Å². The van der Waals surface area contributed by atoms with Crippen molar-refractivity contribution in [2.24, 2.45) is 0 Å². The number of benzene rings is 1. The molecule has 1 aromatic carbocycles. The molecule has 18 heavy (non-hydrogen) atoms. The van der Waals surface area contributed by atoms with E-state index >= 15 is 0 Å². The molecular weight excluding hydrogens is 292 g/mol. The predicted molar refractivity (Wildman–Crippen MR) is 77.1 cm³/mol. The number of aromatic nitrogens is 1. The maximum absolute atomic E-state index is 5.65. The van der Waals surface area contributed by atoms with Gasteiger partial charge in [-0.2, -0.15) is 0 Å². The highest BCUT2D eigenvalue weighted by atomic mass is 79.9. The Hall–Kier alpha value is -1.55. The summed E-state index contributed by atoms with van der Waals surface area (Å²) >= 11 is 3.44. The highest BCUT2D eigenvalue weighted by Crippen LogP contribution is 2.19. The molecule has 0 aliphatic carbocycles. The van der Waals surface area contributed by atoms with Crippen molar-refractivity contribution in [2.75, 3.05) is 18.5 Å². The number of rotatable bonds is 5. The Bertz CT molecular complexity index is 517. The Labute approximate surface area is 115 Å². The van der Waals surface area contributed by atoms with E-state index in [1.807, 2.05) is 24.3 Å². The molecule has 0 amide bonds. The molecule has 0 fully saturated rings. The standard InChI is InChI=1S/C14H15BrN2O/c1-11-3-2-4-12(9-11)18-8-7-17-14-5-6-16-10-13(14)15/h2-6,9-10H,7-8H2,1H3,(H,16,17). The first kappa shape index (κ1) is 12.9. The van der Waals surface area contributed by atoms with Gasteiger partial charge in [0.05, 0.1) is 10.2 Å². The summed E-state index contributed by atoms with van der Waals surface area (Å²) in [6.45, 7) is 3.42. The molecule has 2 aromatic rings. The van der Waals surface area contributed by atoms with Gasteiger partial charge in [-0.25, -0.2) is 0 Å². The SMILES string of the molecule is Cc1cccc(OCCNc2ccncc2Br)c1. The summed E-state index contributed by atoms with van der Waals surface area (Å²) < 4.78 is 6.61. The number of nitrogens with one attached hydrogen (secondary N) is 1. The molecule has 0 radical (unpaired) electrons. The number of hydrogen-bond donors (Lipinski definition) is 1. The molecule has 4 heteroatoms. The molecule has 0 aliphatic rings. The lowest BCUT2D eigenvalue weighted by Crippen LogP contribution is -2.11. The Morgan fingerprint density at radius 3 is 3.00 bits per heavy atom. The van der Waals surface area contributed by atoms with Gasteiger partial charge in [-0.1, -0.05) is 12.1 Å². The van der Waals surface area contributed by atoms with E-state index in [1.165, 1.54) is 5.56 Å². The molecule has 1 heterocycles. The number of aryl methyl sites for hydroxylation is 1. The maximum atomic E-state index is 5.65. The molecular formula is C14H15BrN2O. The van der Waals surface area contributed by atoms with Crippen LogP contribution in [0.5, 0.6) is 5.75 Å². The number of pyridine rings is 1. The largest absolute Gasteiger partial charge is 0.492 e. The summed E-state index contributed by atoms with van der Waals surface area (Å²) in [5.41, 5.74) is 2.23. The Morgan fingerprint density at radius 1 is 1.33 bits per heavy atom. The normalized spacial score (nSPS) is 10.1. The van der Waals surface area contributed by atoms with E-state index in [0.717, 1.165) is 22.5 Å². The first-order valence-electron chi connectivity index (χ1n) is 5.78. The third-order valence-electron chi connectivity index (χ3n) is 2.45. The molecule has 3 nitrogen and oxygen atoms in total. The van der Waals surface area contributed by atoms with Crippen LogP contribution in [-0.4, -0.2) is 18.1 Å². The van der Waals surface area contributed by atoms with Gasteiger partial charge in [-0.05, 0) is 46.6 Å². The predicted octanol–water partition coefficient (Wildman–Crippen LogP) is 3.64. The molecule has 1 aromatic heterocycles. The summed E-state index contributed by atoms with van der Waals surface area (Å²) in [5.74, 6) is 0.908. The molecule has 94 valence electrons. The van der Waals surface area contributed by atoms with Crippen LogP contribution >= 0.6 is 15.9 Å². The lowest BCUT2D eigenvalue weighted by atomic mass is 10.2. The topological polar surface area (TPSA) is 34.1 Å². The molecule has 1 N–H and O–H groups in total. The van der Waals surface area contributed by atoms with E-state index in [4.69, 9.17) is 4.74 Å². The molecule has 2 rings (SSSR count). The van der Waals surface area contributed by atoms with Crippen LogP contribution in [0.2, 0.25) is 0 Å². The number of nitrogens with zero attached hydrogens (tertiary/aromatic N) is 1. The average molecular weight is 307 g/mol. The average Bonchev–Trinajstić information content (AvgIpc) is 2.37. The zero-order valence-electron chi connectivity index (χ0n) is 10.2. The van der Waals surface area contributed by atoms with Gasteiger partial charge in [0.15, 0.2) is 0 Å². The van der Waals surface area contributed by atoms with Crippen LogP contribution in [0.3, 0.4) is 0 Å². The summed E-state index contributed by atoms with van der Waals surface area (Å²) in [4.78, 5) is 4.01. The van der Waals surface area contributed by atoms with Crippen LogP contribution in [0.1, 0.15) is 5.56 Å². The van der Waals surface area contributed by atoms with Crippen molar-refractivity contribution < 1.29 is 4.74 Å².